The fourth-order valence-corrected chi connectivity index (χ4v) is 3.77. The van der Waals surface area contributed by atoms with E-state index in [1.165, 1.54) is 4.31 Å². The maximum Gasteiger partial charge on any atom is 0.243 e. The molecule has 0 aliphatic heterocycles. The van der Waals surface area contributed by atoms with Crippen LogP contribution in [0, 0.1) is 5.92 Å². The second-order valence-electron chi connectivity index (χ2n) is 6.00. The van der Waals surface area contributed by atoms with Crippen molar-refractivity contribution in [2.75, 3.05) is 13.6 Å². The first kappa shape index (κ1) is 19.9. The first-order valence-corrected chi connectivity index (χ1v) is 8.97. The molecule has 0 heterocycles. The van der Waals surface area contributed by atoms with Crippen LogP contribution in [0.15, 0.2) is 47.4 Å². The van der Waals surface area contributed by atoms with Crippen molar-refractivity contribution >= 4 is 33.2 Å². The Morgan fingerprint density at radius 3 is 2.35 bits per heavy atom. The molecule has 0 fully saturated rings. The maximum absolute atomic E-state index is 12.8. The second kappa shape index (κ2) is 8.11. The van der Waals surface area contributed by atoms with Crippen molar-refractivity contribution in [1.29, 1.82) is 0 Å². The van der Waals surface area contributed by atoms with Gasteiger partial charge in [0, 0.05) is 25.0 Å². The Bertz CT molecular complexity index is 742. The second-order valence-corrected chi connectivity index (χ2v) is 8.01. The molecule has 0 saturated carbocycles. The molecule has 1 atom stereocenters. The van der Waals surface area contributed by atoms with Crippen molar-refractivity contribution in [1.82, 2.24) is 4.31 Å². The predicted molar refractivity (Wildman–Crippen MR) is 98.4 cm³/mol. The van der Waals surface area contributed by atoms with Gasteiger partial charge in [0.1, 0.15) is 0 Å². The summed E-state index contributed by atoms with van der Waals surface area (Å²) >= 11 is 0. The quantitative estimate of drug-likeness (QED) is 0.864. The minimum Gasteiger partial charge on any atom is -0.327 e. The maximum atomic E-state index is 12.8. The van der Waals surface area contributed by atoms with Gasteiger partial charge in [-0.2, -0.15) is 0 Å². The topological polar surface area (TPSA) is 63.4 Å². The lowest BCUT2D eigenvalue weighted by molar-refractivity contribution is 0.398. The summed E-state index contributed by atoms with van der Waals surface area (Å²) in [5, 5.41) is 1.68. The van der Waals surface area contributed by atoms with Crippen LogP contribution in [0.25, 0.3) is 10.8 Å². The Balaban J connectivity index is 0.00000264. The molecule has 0 saturated heterocycles. The zero-order chi connectivity index (χ0) is 16.3. The highest BCUT2D eigenvalue weighted by Crippen LogP contribution is 2.25. The Labute approximate surface area is 145 Å². The van der Waals surface area contributed by atoms with E-state index in [4.69, 9.17) is 5.73 Å². The SMILES string of the molecule is CC(C)C(N)CCN(C)S(=O)(=O)c1cccc2ccccc12.Cl. The van der Waals surface area contributed by atoms with Gasteiger partial charge in [0.25, 0.3) is 0 Å². The zero-order valence-corrected chi connectivity index (χ0v) is 15.4. The first-order chi connectivity index (χ1) is 10.3. The van der Waals surface area contributed by atoms with Gasteiger partial charge in [-0.1, -0.05) is 50.2 Å². The highest BCUT2D eigenvalue weighted by atomic mass is 35.5. The third kappa shape index (κ3) is 4.44. The summed E-state index contributed by atoms with van der Waals surface area (Å²) in [6, 6.07) is 12.9. The number of hydrogen-bond acceptors (Lipinski definition) is 3. The van der Waals surface area contributed by atoms with Gasteiger partial charge in [0.2, 0.25) is 10.0 Å². The highest BCUT2D eigenvalue weighted by Gasteiger charge is 2.23. The van der Waals surface area contributed by atoms with Gasteiger partial charge >= 0.3 is 0 Å². The Morgan fingerprint density at radius 1 is 1.09 bits per heavy atom. The zero-order valence-electron chi connectivity index (χ0n) is 13.8. The lowest BCUT2D eigenvalue weighted by Gasteiger charge is -2.22. The third-order valence-corrected chi connectivity index (χ3v) is 5.99. The lowest BCUT2D eigenvalue weighted by Crippen LogP contribution is -2.34. The molecule has 2 aromatic rings. The molecule has 23 heavy (non-hydrogen) atoms. The summed E-state index contributed by atoms with van der Waals surface area (Å²) < 4.78 is 27.0. The largest absolute Gasteiger partial charge is 0.327 e. The van der Waals surface area contributed by atoms with E-state index in [1.807, 2.05) is 44.2 Å². The van der Waals surface area contributed by atoms with Gasteiger partial charge in [-0.25, -0.2) is 12.7 Å². The molecule has 0 aromatic heterocycles. The summed E-state index contributed by atoms with van der Waals surface area (Å²) in [6.07, 6.45) is 0.651. The fourth-order valence-electron chi connectivity index (χ4n) is 2.37. The first-order valence-electron chi connectivity index (χ1n) is 7.53. The van der Waals surface area contributed by atoms with E-state index >= 15 is 0 Å². The van der Waals surface area contributed by atoms with Gasteiger partial charge in [-0.15, -0.1) is 12.4 Å². The van der Waals surface area contributed by atoms with Gasteiger partial charge in [-0.05, 0) is 23.8 Å². The normalized spacial score (nSPS) is 13.3. The predicted octanol–water partition coefficient (Wildman–Crippen LogP) is 3.26. The minimum absolute atomic E-state index is 0. The monoisotopic (exact) mass is 356 g/mol. The summed E-state index contributed by atoms with van der Waals surface area (Å²) in [5.74, 6) is 0.341. The number of nitrogens with two attached hydrogens (primary N) is 1. The number of hydrogen-bond donors (Lipinski definition) is 1. The molecule has 128 valence electrons. The number of sulfonamides is 1. The van der Waals surface area contributed by atoms with Gasteiger partial charge in [-0.3, -0.25) is 0 Å². The van der Waals surface area contributed by atoms with Crippen LogP contribution >= 0.6 is 12.4 Å². The van der Waals surface area contributed by atoms with Crippen LogP contribution in [0.4, 0.5) is 0 Å². The van der Waals surface area contributed by atoms with Crippen LogP contribution in [0.2, 0.25) is 0 Å². The van der Waals surface area contributed by atoms with Gasteiger partial charge in [0.15, 0.2) is 0 Å². The molecule has 2 rings (SSSR count). The molecule has 6 heteroatoms. The van der Waals surface area contributed by atoms with Crippen LogP contribution in [0.3, 0.4) is 0 Å². The van der Waals surface area contributed by atoms with Crippen molar-refractivity contribution in [3.63, 3.8) is 0 Å². The molecular formula is C17H25ClN2O2S. The number of nitrogens with zero attached hydrogens (tertiary/aromatic N) is 1. The summed E-state index contributed by atoms with van der Waals surface area (Å²) in [7, 11) is -1.89. The van der Waals surface area contributed by atoms with Crippen molar-refractivity contribution in [3.8, 4) is 0 Å². The van der Waals surface area contributed by atoms with E-state index in [-0.39, 0.29) is 18.4 Å². The van der Waals surface area contributed by atoms with Crippen LogP contribution in [-0.4, -0.2) is 32.4 Å². The molecule has 2 aromatic carbocycles. The van der Waals surface area contributed by atoms with Gasteiger partial charge < -0.3 is 5.73 Å². The number of rotatable bonds is 6. The van der Waals surface area contributed by atoms with Crippen LogP contribution in [0.5, 0.6) is 0 Å². The van der Waals surface area contributed by atoms with Crippen LogP contribution in [0.1, 0.15) is 20.3 Å². The summed E-state index contributed by atoms with van der Waals surface area (Å²) in [5.41, 5.74) is 6.02. The Kier molecular flexibility index (Phi) is 7.02. The average molecular weight is 357 g/mol. The van der Waals surface area contributed by atoms with Crippen molar-refractivity contribution in [2.24, 2.45) is 11.7 Å². The number of halogens is 1. The van der Waals surface area contributed by atoms with Crippen LogP contribution < -0.4 is 5.73 Å². The molecule has 0 bridgehead atoms. The average Bonchev–Trinajstić information content (AvgIpc) is 2.51. The molecule has 0 aliphatic carbocycles. The van der Waals surface area contributed by atoms with E-state index in [2.05, 4.69) is 0 Å². The highest BCUT2D eigenvalue weighted by molar-refractivity contribution is 7.89. The molecule has 2 N–H and O–H groups in total. The summed E-state index contributed by atoms with van der Waals surface area (Å²) in [4.78, 5) is 0.353. The molecule has 4 nitrogen and oxygen atoms in total. The third-order valence-electron chi connectivity index (χ3n) is 4.07. The van der Waals surface area contributed by atoms with Crippen molar-refractivity contribution < 1.29 is 8.42 Å². The molecule has 0 radical (unpaired) electrons. The molecular weight excluding hydrogens is 332 g/mol. The molecule has 0 aliphatic rings. The Hall–Kier alpha value is -1.14. The van der Waals surface area contributed by atoms with Crippen LogP contribution in [-0.2, 0) is 10.0 Å². The number of benzene rings is 2. The lowest BCUT2D eigenvalue weighted by atomic mass is 10.0. The molecule has 1 unspecified atom stereocenters. The van der Waals surface area contributed by atoms with Crippen molar-refractivity contribution in [3.05, 3.63) is 42.5 Å². The summed E-state index contributed by atoms with van der Waals surface area (Å²) in [6.45, 7) is 4.51. The van der Waals surface area contributed by atoms with E-state index in [0.29, 0.717) is 23.8 Å². The minimum atomic E-state index is -3.51. The number of fused-ring (bicyclic) bond motifs is 1. The smallest absolute Gasteiger partial charge is 0.243 e. The molecule has 0 amide bonds. The molecule has 0 spiro atoms. The van der Waals surface area contributed by atoms with E-state index < -0.39 is 10.0 Å². The fraction of sp³-hybridized carbons (Fsp3) is 0.412. The Morgan fingerprint density at radius 2 is 1.70 bits per heavy atom. The van der Waals surface area contributed by atoms with E-state index in [0.717, 1.165) is 10.8 Å². The standard InChI is InChI=1S/C17H24N2O2S.ClH/c1-13(2)16(18)11-12-19(3)22(20,21)17-10-6-8-14-7-4-5-9-15(14)17;/h4-10,13,16H,11-12,18H2,1-3H3;1H. The van der Waals surface area contributed by atoms with Gasteiger partial charge in [0.05, 0.1) is 4.90 Å². The van der Waals surface area contributed by atoms with Crippen molar-refractivity contribution in [2.45, 2.75) is 31.2 Å². The van der Waals surface area contributed by atoms with E-state index in [9.17, 15) is 8.42 Å². The van der Waals surface area contributed by atoms with E-state index in [1.54, 1.807) is 19.2 Å².